The molecule has 0 saturated carbocycles. The molecule has 19 heavy (non-hydrogen) atoms. The molecule has 2 N–H and O–H groups in total. The summed E-state index contributed by atoms with van der Waals surface area (Å²) in [6, 6.07) is -0.527. The van der Waals surface area contributed by atoms with Crippen LogP contribution in [-0.4, -0.2) is 64.5 Å². The summed E-state index contributed by atoms with van der Waals surface area (Å²) < 4.78 is 0. The third-order valence-corrected chi connectivity index (χ3v) is 3.63. The lowest BCUT2D eigenvalue weighted by Crippen LogP contribution is -2.44. The predicted molar refractivity (Wildman–Crippen MR) is 66.1 cm³/mol. The van der Waals surface area contributed by atoms with Crippen LogP contribution in [0.2, 0.25) is 0 Å². The van der Waals surface area contributed by atoms with Crippen molar-refractivity contribution in [3.05, 3.63) is 0 Å². The van der Waals surface area contributed by atoms with E-state index in [0.717, 1.165) is 11.3 Å². The van der Waals surface area contributed by atoms with Gasteiger partial charge in [0.2, 0.25) is 5.91 Å². The van der Waals surface area contributed by atoms with Gasteiger partial charge in [-0.2, -0.15) is 0 Å². The van der Waals surface area contributed by atoms with Gasteiger partial charge in [0.1, 0.15) is 12.1 Å². The largest absolute Gasteiger partial charge is 0.396 e. The Hall–Kier alpha value is -1.63. The van der Waals surface area contributed by atoms with Gasteiger partial charge in [-0.3, -0.25) is 14.5 Å². The van der Waals surface area contributed by atoms with Crippen LogP contribution in [-0.2, 0) is 9.59 Å². The fourth-order valence-corrected chi connectivity index (χ4v) is 2.40. The Labute approximate surface area is 111 Å². The Morgan fingerprint density at radius 3 is 2.63 bits per heavy atom. The lowest BCUT2D eigenvalue weighted by Gasteiger charge is -2.20. The Balaban J connectivity index is 1.97. The van der Waals surface area contributed by atoms with E-state index in [2.05, 4.69) is 5.32 Å². The van der Waals surface area contributed by atoms with Crippen LogP contribution in [0.4, 0.5) is 4.79 Å². The number of carbonyl (C=O) groups is 3. The molecule has 0 radical (unpaired) electrons. The van der Waals surface area contributed by atoms with Crippen LogP contribution >= 0.6 is 0 Å². The summed E-state index contributed by atoms with van der Waals surface area (Å²) in [5.74, 6) is -0.538. The lowest BCUT2D eigenvalue weighted by molar-refractivity contribution is -0.138. The number of hydrogen-bond acceptors (Lipinski definition) is 4. The van der Waals surface area contributed by atoms with Crippen molar-refractivity contribution >= 4 is 17.8 Å². The summed E-state index contributed by atoms with van der Waals surface area (Å²) in [4.78, 5) is 38.2. The monoisotopic (exact) mass is 269 g/mol. The number of imide groups is 1. The number of urea groups is 1. The third-order valence-electron chi connectivity index (χ3n) is 3.63. The quantitative estimate of drug-likeness (QED) is 0.654. The molecule has 1 atom stereocenters. The van der Waals surface area contributed by atoms with Crippen LogP contribution in [0, 0.1) is 5.92 Å². The minimum absolute atomic E-state index is 0.0555. The van der Waals surface area contributed by atoms with Gasteiger partial charge in [-0.05, 0) is 20.3 Å². The molecule has 4 amide bonds. The van der Waals surface area contributed by atoms with E-state index in [9.17, 15) is 14.4 Å². The number of likely N-dealkylation sites (tertiary alicyclic amines) is 1. The van der Waals surface area contributed by atoms with Crippen molar-refractivity contribution in [2.45, 2.75) is 25.8 Å². The summed E-state index contributed by atoms with van der Waals surface area (Å²) in [6.07, 6.45) is 0.758. The minimum Gasteiger partial charge on any atom is -0.396 e. The van der Waals surface area contributed by atoms with Gasteiger partial charge in [0.25, 0.3) is 5.91 Å². The van der Waals surface area contributed by atoms with Crippen LogP contribution in [0.25, 0.3) is 0 Å². The topological polar surface area (TPSA) is 90.0 Å². The standard InChI is InChI=1S/C12H19N3O4/c1-12(2)10(18)15(11(19)13-12)6-9(17)14-4-3-8(5-14)7-16/h8,16H,3-7H2,1-2H3,(H,13,19). The smallest absolute Gasteiger partial charge is 0.325 e. The van der Waals surface area contributed by atoms with Gasteiger partial charge in [0.05, 0.1) is 0 Å². The highest BCUT2D eigenvalue weighted by Crippen LogP contribution is 2.19. The molecule has 0 aromatic heterocycles. The fourth-order valence-electron chi connectivity index (χ4n) is 2.40. The molecule has 2 heterocycles. The van der Waals surface area contributed by atoms with Gasteiger partial charge in [0, 0.05) is 25.6 Å². The first kappa shape index (κ1) is 13.8. The number of amides is 4. The molecule has 0 aromatic rings. The molecule has 1 unspecified atom stereocenters. The second-order valence-electron chi connectivity index (χ2n) is 5.62. The van der Waals surface area contributed by atoms with Crippen LogP contribution in [0.15, 0.2) is 0 Å². The van der Waals surface area contributed by atoms with Crippen molar-refractivity contribution in [3.63, 3.8) is 0 Å². The number of aliphatic hydroxyl groups is 1. The summed E-state index contributed by atoms with van der Waals surface area (Å²) in [5, 5.41) is 11.6. The number of nitrogens with zero attached hydrogens (tertiary/aromatic N) is 2. The second-order valence-corrected chi connectivity index (χ2v) is 5.62. The molecule has 2 aliphatic rings. The zero-order valence-electron chi connectivity index (χ0n) is 11.2. The molecular formula is C12H19N3O4. The highest BCUT2D eigenvalue weighted by molar-refractivity contribution is 6.08. The maximum Gasteiger partial charge on any atom is 0.325 e. The van der Waals surface area contributed by atoms with Crippen LogP contribution in [0.1, 0.15) is 20.3 Å². The average molecular weight is 269 g/mol. The average Bonchev–Trinajstić information content (AvgIpc) is 2.88. The summed E-state index contributed by atoms with van der Waals surface area (Å²) in [6.45, 7) is 4.09. The molecule has 0 spiro atoms. The highest BCUT2D eigenvalue weighted by atomic mass is 16.3. The molecule has 2 aliphatic heterocycles. The SMILES string of the molecule is CC1(C)NC(=O)N(CC(=O)N2CCC(CO)C2)C1=O. The third kappa shape index (κ3) is 2.56. The number of hydrogen-bond donors (Lipinski definition) is 2. The second kappa shape index (κ2) is 4.80. The van der Waals surface area contributed by atoms with Crippen molar-refractivity contribution in [1.82, 2.24) is 15.1 Å². The first-order chi connectivity index (χ1) is 8.85. The lowest BCUT2D eigenvalue weighted by atomic mass is 10.1. The van der Waals surface area contributed by atoms with E-state index in [4.69, 9.17) is 5.11 Å². The molecule has 0 aliphatic carbocycles. The normalized spacial score (nSPS) is 25.9. The molecule has 2 saturated heterocycles. The van der Waals surface area contributed by atoms with E-state index >= 15 is 0 Å². The van der Waals surface area contributed by atoms with Crippen molar-refractivity contribution in [2.75, 3.05) is 26.2 Å². The van der Waals surface area contributed by atoms with E-state index in [-0.39, 0.29) is 30.9 Å². The molecule has 7 nitrogen and oxygen atoms in total. The Kier molecular flexibility index (Phi) is 3.49. The van der Waals surface area contributed by atoms with Crippen LogP contribution in [0.3, 0.4) is 0 Å². The maximum absolute atomic E-state index is 12.0. The van der Waals surface area contributed by atoms with E-state index in [1.165, 1.54) is 0 Å². The molecule has 7 heteroatoms. The number of aliphatic hydroxyl groups excluding tert-OH is 1. The zero-order chi connectivity index (χ0) is 14.2. The number of carbonyl (C=O) groups excluding carboxylic acids is 3. The fraction of sp³-hybridized carbons (Fsp3) is 0.750. The van der Waals surface area contributed by atoms with Gasteiger partial charge in [0.15, 0.2) is 0 Å². The summed E-state index contributed by atoms with van der Waals surface area (Å²) in [7, 11) is 0. The van der Waals surface area contributed by atoms with Crippen molar-refractivity contribution in [1.29, 1.82) is 0 Å². The Bertz CT molecular complexity index is 421. The Morgan fingerprint density at radius 2 is 2.16 bits per heavy atom. The number of nitrogens with one attached hydrogen (secondary N) is 1. The molecule has 2 fully saturated rings. The predicted octanol–water partition coefficient (Wildman–Crippen LogP) is -0.842. The molecule has 2 rings (SSSR count). The van der Waals surface area contributed by atoms with E-state index < -0.39 is 11.6 Å². The van der Waals surface area contributed by atoms with Crippen LogP contribution in [0.5, 0.6) is 0 Å². The van der Waals surface area contributed by atoms with Crippen LogP contribution < -0.4 is 5.32 Å². The van der Waals surface area contributed by atoms with Gasteiger partial charge >= 0.3 is 6.03 Å². The van der Waals surface area contributed by atoms with Gasteiger partial charge in [-0.25, -0.2) is 4.79 Å². The zero-order valence-corrected chi connectivity index (χ0v) is 11.2. The van der Waals surface area contributed by atoms with Gasteiger partial charge in [-0.15, -0.1) is 0 Å². The Morgan fingerprint density at radius 1 is 1.47 bits per heavy atom. The van der Waals surface area contributed by atoms with E-state index in [0.29, 0.717) is 13.1 Å². The number of rotatable bonds is 3. The van der Waals surface area contributed by atoms with Crippen molar-refractivity contribution in [2.24, 2.45) is 5.92 Å². The van der Waals surface area contributed by atoms with Crippen molar-refractivity contribution < 1.29 is 19.5 Å². The molecule has 0 aromatic carbocycles. The summed E-state index contributed by atoms with van der Waals surface area (Å²) in [5.41, 5.74) is -0.948. The highest BCUT2D eigenvalue weighted by Gasteiger charge is 2.45. The van der Waals surface area contributed by atoms with Crippen molar-refractivity contribution in [3.8, 4) is 0 Å². The minimum atomic E-state index is -0.948. The molecule has 0 bridgehead atoms. The van der Waals surface area contributed by atoms with Gasteiger partial charge < -0.3 is 15.3 Å². The molecule has 106 valence electrons. The van der Waals surface area contributed by atoms with E-state index in [1.807, 2.05) is 0 Å². The molecular weight excluding hydrogens is 250 g/mol. The van der Waals surface area contributed by atoms with Gasteiger partial charge in [-0.1, -0.05) is 0 Å². The maximum atomic E-state index is 12.0. The van der Waals surface area contributed by atoms with E-state index in [1.54, 1.807) is 18.7 Å². The first-order valence-electron chi connectivity index (χ1n) is 6.38. The summed E-state index contributed by atoms with van der Waals surface area (Å²) >= 11 is 0. The first-order valence-corrected chi connectivity index (χ1v) is 6.38.